The molecule has 0 N–H and O–H groups in total. The monoisotopic (exact) mass is 1000 g/mol. The molecule has 6 heteroatoms. The number of rotatable bonds is 50. The molecule has 1 atom stereocenters. The average molecular weight is 1010 g/mol. The lowest BCUT2D eigenvalue weighted by atomic mass is 10.1. The molecule has 0 aromatic heterocycles. The van der Waals surface area contributed by atoms with Gasteiger partial charge in [-0.3, -0.25) is 14.4 Å². The van der Waals surface area contributed by atoms with E-state index in [0.717, 1.165) is 154 Å². The van der Waals surface area contributed by atoms with E-state index in [9.17, 15) is 14.4 Å². The van der Waals surface area contributed by atoms with Crippen molar-refractivity contribution in [1.29, 1.82) is 0 Å². The molecule has 0 aromatic carbocycles. The predicted molar refractivity (Wildman–Crippen MR) is 315 cm³/mol. The van der Waals surface area contributed by atoms with Crippen LogP contribution >= 0.6 is 0 Å². The highest BCUT2D eigenvalue weighted by Crippen LogP contribution is 2.12. The van der Waals surface area contributed by atoms with E-state index in [-0.39, 0.29) is 37.5 Å². The molecule has 0 saturated carbocycles. The second kappa shape index (κ2) is 59.6. The number of hydrogen-bond donors (Lipinski definition) is 0. The number of carbonyl (C=O) groups is 3. The first kappa shape index (κ1) is 68.0. The van der Waals surface area contributed by atoms with Crippen LogP contribution < -0.4 is 0 Å². The van der Waals surface area contributed by atoms with Crippen LogP contribution in [0.3, 0.4) is 0 Å². The fraction of sp³-hybridized carbons (Fsp3) is 0.567. The summed E-state index contributed by atoms with van der Waals surface area (Å²) in [5, 5.41) is 0. The lowest BCUT2D eigenvalue weighted by molar-refractivity contribution is -0.167. The summed E-state index contributed by atoms with van der Waals surface area (Å²) in [5.74, 6) is -1.02. The second-order valence-corrected chi connectivity index (χ2v) is 18.4. The molecule has 0 rings (SSSR count). The second-order valence-electron chi connectivity index (χ2n) is 18.4. The molecule has 0 aromatic rings. The van der Waals surface area contributed by atoms with Crippen LogP contribution in [0.5, 0.6) is 0 Å². The summed E-state index contributed by atoms with van der Waals surface area (Å²) in [6.07, 6.45) is 86.5. The molecule has 0 amide bonds. The van der Waals surface area contributed by atoms with Gasteiger partial charge in [-0.05, 0) is 148 Å². The maximum atomic E-state index is 12.9. The van der Waals surface area contributed by atoms with Gasteiger partial charge >= 0.3 is 17.9 Å². The summed E-state index contributed by atoms with van der Waals surface area (Å²) in [5.41, 5.74) is 0. The van der Waals surface area contributed by atoms with Gasteiger partial charge in [-0.1, -0.05) is 217 Å². The van der Waals surface area contributed by atoms with Crippen molar-refractivity contribution in [2.45, 2.75) is 232 Å². The van der Waals surface area contributed by atoms with Gasteiger partial charge in [0.15, 0.2) is 6.10 Å². The highest BCUT2D eigenvalue weighted by Gasteiger charge is 2.19. The van der Waals surface area contributed by atoms with E-state index >= 15 is 0 Å². The summed E-state index contributed by atoms with van der Waals surface area (Å²) in [6, 6.07) is 0. The molecule has 0 bridgehead atoms. The van der Waals surface area contributed by atoms with Crippen LogP contribution in [0.4, 0.5) is 0 Å². The van der Waals surface area contributed by atoms with Crippen LogP contribution in [0.2, 0.25) is 0 Å². The maximum absolute atomic E-state index is 12.9. The first-order valence-corrected chi connectivity index (χ1v) is 29.0. The highest BCUT2D eigenvalue weighted by atomic mass is 16.6. The van der Waals surface area contributed by atoms with Crippen molar-refractivity contribution in [3.63, 3.8) is 0 Å². The Kier molecular flexibility index (Phi) is 55.5. The van der Waals surface area contributed by atoms with E-state index in [1.807, 2.05) is 0 Å². The summed E-state index contributed by atoms with van der Waals surface area (Å²) in [4.78, 5) is 38.2. The number of carbonyl (C=O) groups excluding carboxylic acids is 3. The molecular formula is C67H104O6. The van der Waals surface area contributed by atoms with E-state index in [2.05, 4.69) is 179 Å². The molecule has 0 aliphatic rings. The maximum Gasteiger partial charge on any atom is 0.306 e. The predicted octanol–water partition coefficient (Wildman–Crippen LogP) is 19.8. The first-order valence-electron chi connectivity index (χ1n) is 29.0. The number of unbranched alkanes of at least 4 members (excludes halogenated alkanes) is 13. The first-order chi connectivity index (χ1) is 36.0. The summed E-state index contributed by atoms with van der Waals surface area (Å²) in [7, 11) is 0. The lowest BCUT2D eigenvalue weighted by Gasteiger charge is -2.18. The smallest absolute Gasteiger partial charge is 0.306 e. The zero-order valence-corrected chi connectivity index (χ0v) is 46.6. The minimum absolute atomic E-state index is 0.122. The number of ether oxygens (including phenoxy) is 3. The average Bonchev–Trinajstić information content (AvgIpc) is 3.39. The van der Waals surface area contributed by atoms with E-state index in [1.165, 1.54) is 25.7 Å². The Bertz CT molecular complexity index is 1670. The van der Waals surface area contributed by atoms with Crippen molar-refractivity contribution >= 4 is 17.9 Å². The molecule has 408 valence electrons. The largest absolute Gasteiger partial charge is 0.462 e. The van der Waals surface area contributed by atoms with Crippen LogP contribution in [0.25, 0.3) is 0 Å². The van der Waals surface area contributed by atoms with Crippen molar-refractivity contribution in [1.82, 2.24) is 0 Å². The van der Waals surface area contributed by atoms with Crippen molar-refractivity contribution < 1.29 is 28.6 Å². The quantitative estimate of drug-likeness (QED) is 0.0261. The Labute approximate surface area is 448 Å². The lowest BCUT2D eigenvalue weighted by Crippen LogP contribution is -2.30. The van der Waals surface area contributed by atoms with Gasteiger partial charge in [0, 0.05) is 19.3 Å². The van der Waals surface area contributed by atoms with Gasteiger partial charge < -0.3 is 14.2 Å². The van der Waals surface area contributed by atoms with Gasteiger partial charge in [-0.25, -0.2) is 0 Å². The van der Waals surface area contributed by atoms with Crippen LogP contribution in [0.1, 0.15) is 226 Å². The molecule has 73 heavy (non-hydrogen) atoms. The Morgan fingerprint density at radius 2 is 0.534 bits per heavy atom. The Hall–Kier alpha value is -4.97. The SMILES string of the molecule is CC/C=C\C/C=C\C/C=C\C/C=C\C/C=C\CCCCCC(=O)OC[C@H](COC(=O)CCCCCC/C=C\C/C=C\C/C=C\C/C=C\CC)OC(=O)CCCCC/C=C\C/C=C\C/C=C\C/C=C\CCCCC. The summed E-state index contributed by atoms with van der Waals surface area (Å²) in [6.45, 7) is 6.29. The summed E-state index contributed by atoms with van der Waals surface area (Å²) >= 11 is 0. The number of allylic oxidation sites excluding steroid dienone is 26. The van der Waals surface area contributed by atoms with E-state index in [1.54, 1.807) is 0 Å². The third-order valence-electron chi connectivity index (χ3n) is 11.5. The normalized spacial score (nSPS) is 13.3. The standard InChI is InChI=1S/C67H104O6/c1-4-7-10-13-16-19-22-25-28-31-33-36-39-42-45-48-51-54-57-60-66(69)72-63-64(62-71-65(68)59-56-53-50-47-44-41-38-35-30-27-24-21-18-15-12-9-6-3)73-67(70)61-58-55-52-49-46-43-40-37-34-32-29-26-23-20-17-14-11-8-5-2/h7,9-10,12,16-21,25-30,33-34,36-38,41-43,45-46,64H,4-6,8,11,13-15,22-24,31-32,35,39-40,44,47-63H2,1-3H3/b10-7-,12-9-,19-16-,20-17-,21-18-,28-25-,29-26-,30-27-,36-33-,37-34-,41-38-,45-42-,46-43-/t64-/m0/s1. The fourth-order valence-electron chi connectivity index (χ4n) is 7.21. The van der Waals surface area contributed by atoms with Crippen LogP contribution in [0.15, 0.2) is 158 Å². The molecule has 0 heterocycles. The summed E-state index contributed by atoms with van der Waals surface area (Å²) < 4.78 is 16.8. The van der Waals surface area contributed by atoms with Crippen LogP contribution in [0, 0.1) is 0 Å². The van der Waals surface area contributed by atoms with E-state index < -0.39 is 6.10 Å². The topological polar surface area (TPSA) is 78.9 Å². The molecule has 0 fully saturated rings. The van der Waals surface area contributed by atoms with Gasteiger partial charge in [0.2, 0.25) is 0 Å². The van der Waals surface area contributed by atoms with E-state index in [4.69, 9.17) is 14.2 Å². The minimum Gasteiger partial charge on any atom is -0.462 e. The number of hydrogen-bond acceptors (Lipinski definition) is 6. The van der Waals surface area contributed by atoms with Gasteiger partial charge in [-0.15, -0.1) is 0 Å². The van der Waals surface area contributed by atoms with Crippen LogP contribution in [-0.4, -0.2) is 37.2 Å². The van der Waals surface area contributed by atoms with Crippen molar-refractivity contribution in [3.05, 3.63) is 158 Å². The molecule has 0 radical (unpaired) electrons. The fourth-order valence-corrected chi connectivity index (χ4v) is 7.21. The van der Waals surface area contributed by atoms with Gasteiger partial charge in [0.05, 0.1) is 0 Å². The zero-order valence-electron chi connectivity index (χ0n) is 46.6. The molecule has 6 nitrogen and oxygen atoms in total. The van der Waals surface area contributed by atoms with Gasteiger partial charge in [0.25, 0.3) is 0 Å². The van der Waals surface area contributed by atoms with E-state index in [0.29, 0.717) is 19.3 Å². The van der Waals surface area contributed by atoms with Gasteiger partial charge in [0.1, 0.15) is 13.2 Å². The molecule has 0 aliphatic carbocycles. The molecule has 0 aliphatic heterocycles. The zero-order chi connectivity index (χ0) is 52.9. The Balaban J connectivity index is 4.60. The third kappa shape index (κ3) is 57.8. The van der Waals surface area contributed by atoms with Crippen LogP contribution in [-0.2, 0) is 28.6 Å². The highest BCUT2D eigenvalue weighted by molar-refractivity contribution is 5.71. The Morgan fingerprint density at radius 1 is 0.288 bits per heavy atom. The van der Waals surface area contributed by atoms with Crippen molar-refractivity contribution in [2.24, 2.45) is 0 Å². The third-order valence-corrected chi connectivity index (χ3v) is 11.5. The molecular weight excluding hydrogens is 901 g/mol. The molecule has 0 spiro atoms. The van der Waals surface area contributed by atoms with Gasteiger partial charge in [-0.2, -0.15) is 0 Å². The van der Waals surface area contributed by atoms with Crippen molar-refractivity contribution in [2.75, 3.05) is 13.2 Å². The molecule has 0 saturated heterocycles. The molecule has 0 unspecified atom stereocenters. The van der Waals surface area contributed by atoms with Crippen molar-refractivity contribution in [3.8, 4) is 0 Å². The minimum atomic E-state index is -0.828. The Morgan fingerprint density at radius 3 is 0.836 bits per heavy atom. The number of esters is 3.